The number of nitrogens with one attached hydrogen (secondary N) is 1. The van der Waals surface area contributed by atoms with Gasteiger partial charge in [-0.05, 0) is 33.6 Å². The summed E-state index contributed by atoms with van der Waals surface area (Å²) in [7, 11) is 4.09. The van der Waals surface area contributed by atoms with Crippen LogP contribution >= 0.6 is 0 Å². The molecule has 0 aromatic carbocycles. The van der Waals surface area contributed by atoms with Gasteiger partial charge in [0.2, 0.25) is 0 Å². The summed E-state index contributed by atoms with van der Waals surface area (Å²) in [5.74, 6) is 2.07. The zero-order valence-electron chi connectivity index (χ0n) is 9.55. The third-order valence-corrected chi connectivity index (χ3v) is 2.11. The minimum absolute atomic E-state index is 0.868. The average Bonchev–Trinajstić information content (AvgIpc) is 2.41. The summed E-state index contributed by atoms with van der Waals surface area (Å²) in [5.41, 5.74) is 1.27. The van der Waals surface area contributed by atoms with Gasteiger partial charge in [0.25, 0.3) is 0 Å². The molecule has 0 aliphatic carbocycles. The van der Waals surface area contributed by atoms with E-state index in [1.54, 1.807) is 0 Å². The van der Waals surface area contributed by atoms with Crippen LogP contribution in [-0.2, 0) is 13.1 Å². The molecule has 80 valence electrons. The fraction of sp³-hybridized carbons (Fsp3) is 0.636. The van der Waals surface area contributed by atoms with E-state index in [2.05, 4.69) is 23.2 Å². The van der Waals surface area contributed by atoms with Crippen LogP contribution in [0.4, 0.5) is 0 Å². The lowest BCUT2D eigenvalue weighted by atomic mass is 10.2. The van der Waals surface area contributed by atoms with E-state index >= 15 is 0 Å². The second-order valence-corrected chi connectivity index (χ2v) is 3.81. The van der Waals surface area contributed by atoms with Crippen molar-refractivity contribution in [1.29, 1.82) is 0 Å². The first-order chi connectivity index (χ1) is 6.63. The van der Waals surface area contributed by atoms with Crippen LogP contribution in [0.1, 0.15) is 24.0 Å². The lowest BCUT2D eigenvalue weighted by molar-refractivity contribution is 0.345. The molecule has 3 nitrogen and oxygen atoms in total. The van der Waals surface area contributed by atoms with Crippen LogP contribution in [0, 0.1) is 6.92 Å². The molecule has 0 aliphatic rings. The maximum absolute atomic E-state index is 5.64. The number of rotatable bonds is 5. The smallest absolute Gasteiger partial charge is 0.118 e. The van der Waals surface area contributed by atoms with Crippen molar-refractivity contribution in [2.24, 2.45) is 0 Å². The Kier molecular flexibility index (Phi) is 4.17. The molecule has 0 saturated heterocycles. The SMILES string of the molecule is CCNCc1cc(CN(C)C)oc1C. The minimum Gasteiger partial charge on any atom is -0.465 e. The summed E-state index contributed by atoms with van der Waals surface area (Å²) in [4.78, 5) is 2.11. The second kappa shape index (κ2) is 5.17. The number of hydrogen-bond donors (Lipinski definition) is 1. The van der Waals surface area contributed by atoms with Crippen molar-refractivity contribution >= 4 is 0 Å². The first-order valence-corrected chi connectivity index (χ1v) is 5.07. The molecule has 1 heterocycles. The Morgan fingerprint density at radius 2 is 2.14 bits per heavy atom. The lowest BCUT2D eigenvalue weighted by Crippen LogP contribution is -2.12. The van der Waals surface area contributed by atoms with Crippen LogP contribution in [0.2, 0.25) is 0 Å². The molecule has 1 N–H and O–H groups in total. The van der Waals surface area contributed by atoms with E-state index in [1.165, 1.54) is 5.56 Å². The van der Waals surface area contributed by atoms with Gasteiger partial charge < -0.3 is 14.6 Å². The minimum atomic E-state index is 0.868. The fourth-order valence-electron chi connectivity index (χ4n) is 1.41. The van der Waals surface area contributed by atoms with Crippen molar-refractivity contribution in [3.8, 4) is 0 Å². The highest BCUT2D eigenvalue weighted by atomic mass is 16.3. The molecule has 1 aromatic rings. The summed E-state index contributed by atoms with van der Waals surface area (Å²) >= 11 is 0. The quantitative estimate of drug-likeness (QED) is 0.778. The van der Waals surface area contributed by atoms with Gasteiger partial charge in [0, 0.05) is 12.1 Å². The van der Waals surface area contributed by atoms with Gasteiger partial charge in [0.15, 0.2) is 0 Å². The highest BCUT2D eigenvalue weighted by molar-refractivity contribution is 5.20. The third-order valence-electron chi connectivity index (χ3n) is 2.11. The highest BCUT2D eigenvalue weighted by Gasteiger charge is 2.06. The second-order valence-electron chi connectivity index (χ2n) is 3.81. The summed E-state index contributed by atoms with van der Waals surface area (Å²) in [6.45, 7) is 6.89. The van der Waals surface area contributed by atoms with E-state index in [9.17, 15) is 0 Å². The van der Waals surface area contributed by atoms with E-state index < -0.39 is 0 Å². The molecule has 0 unspecified atom stereocenters. The zero-order valence-corrected chi connectivity index (χ0v) is 9.55. The van der Waals surface area contributed by atoms with Gasteiger partial charge in [-0.2, -0.15) is 0 Å². The molecule has 0 bridgehead atoms. The van der Waals surface area contributed by atoms with Gasteiger partial charge in [-0.15, -0.1) is 0 Å². The van der Waals surface area contributed by atoms with Crippen molar-refractivity contribution < 1.29 is 4.42 Å². The molecule has 0 atom stereocenters. The Morgan fingerprint density at radius 1 is 1.43 bits per heavy atom. The summed E-state index contributed by atoms with van der Waals surface area (Å²) < 4.78 is 5.64. The normalized spacial score (nSPS) is 11.2. The standard InChI is InChI=1S/C11H20N2O/c1-5-12-7-10-6-11(8-13(3)4)14-9(10)2/h6,12H,5,7-8H2,1-4H3. The Morgan fingerprint density at radius 3 is 2.71 bits per heavy atom. The maximum Gasteiger partial charge on any atom is 0.118 e. The van der Waals surface area contributed by atoms with Gasteiger partial charge in [0.05, 0.1) is 6.54 Å². The molecule has 1 rings (SSSR count). The van der Waals surface area contributed by atoms with Crippen LogP contribution in [-0.4, -0.2) is 25.5 Å². The summed E-state index contributed by atoms with van der Waals surface area (Å²) in [5, 5.41) is 3.30. The Hall–Kier alpha value is -0.800. The summed E-state index contributed by atoms with van der Waals surface area (Å²) in [6, 6.07) is 2.14. The molecule has 1 aromatic heterocycles. The number of furan rings is 1. The van der Waals surface area contributed by atoms with Gasteiger partial charge in [-0.3, -0.25) is 0 Å². The van der Waals surface area contributed by atoms with Crippen molar-refractivity contribution in [3.05, 3.63) is 23.2 Å². The first kappa shape index (κ1) is 11.3. The predicted octanol–water partition coefficient (Wildman–Crippen LogP) is 1.76. The van der Waals surface area contributed by atoms with E-state index in [-0.39, 0.29) is 0 Å². The molecule has 0 radical (unpaired) electrons. The highest BCUT2D eigenvalue weighted by Crippen LogP contribution is 2.15. The van der Waals surface area contributed by atoms with Gasteiger partial charge in [-0.1, -0.05) is 6.92 Å². The van der Waals surface area contributed by atoms with E-state index in [4.69, 9.17) is 4.42 Å². The van der Waals surface area contributed by atoms with Gasteiger partial charge >= 0.3 is 0 Å². The van der Waals surface area contributed by atoms with E-state index in [1.807, 2.05) is 21.0 Å². The molecular formula is C11H20N2O. The Labute approximate surface area is 86.1 Å². The average molecular weight is 196 g/mol. The first-order valence-electron chi connectivity index (χ1n) is 5.07. The van der Waals surface area contributed by atoms with Crippen molar-refractivity contribution in [1.82, 2.24) is 10.2 Å². The lowest BCUT2D eigenvalue weighted by Gasteiger charge is -2.05. The molecule has 3 heteroatoms. The van der Waals surface area contributed by atoms with Gasteiger partial charge in [0.1, 0.15) is 11.5 Å². The third kappa shape index (κ3) is 3.16. The molecule has 14 heavy (non-hydrogen) atoms. The van der Waals surface area contributed by atoms with Crippen LogP contribution in [0.3, 0.4) is 0 Å². The van der Waals surface area contributed by atoms with Crippen molar-refractivity contribution in [2.45, 2.75) is 26.9 Å². The van der Waals surface area contributed by atoms with Crippen molar-refractivity contribution in [3.63, 3.8) is 0 Å². The number of hydrogen-bond acceptors (Lipinski definition) is 3. The molecular weight excluding hydrogens is 176 g/mol. The fourth-order valence-corrected chi connectivity index (χ4v) is 1.41. The Bertz CT molecular complexity index is 279. The molecule has 0 fully saturated rings. The number of nitrogens with zero attached hydrogens (tertiary/aromatic N) is 1. The molecule has 0 aliphatic heterocycles. The van der Waals surface area contributed by atoms with Crippen LogP contribution in [0.5, 0.6) is 0 Å². The molecule has 0 saturated carbocycles. The van der Waals surface area contributed by atoms with Crippen LogP contribution in [0.15, 0.2) is 10.5 Å². The Balaban J connectivity index is 2.62. The largest absolute Gasteiger partial charge is 0.465 e. The number of aryl methyl sites for hydroxylation is 1. The van der Waals surface area contributed by atoms with E-state index in [0.717, 1.165) is 31.2 Å². The molecule has 0 spiro atoms. The van der Waals surface area contributed by atoms with Crippen LogP contribution < -0.4 is 5.32 Å². The molecule has 0 amide bonds. The topological polar surface area (TPSA) is 28.4 Å². The van der Waals surface area contributed by atoms with E-state index in [0.29, 0.717) is 0 Å². The van der Waals surface area contributed by atoms with Gasteiger partial charge in [-0.25, -0.2) is 0 Å². The monoisotopic (exact) mass is 196 g/mol. The maximum atomic E-state index is 5.64. The van der Waals surface area contributed by atoms with Crippen molar-refractivity contribution in [2.75, 3.05) is 20.6 Å². The van der Waals surface area contributed by atoms with Crippen LogP contribution in [0.25, 0.3) is 0 Å². The predicted molar refractivity (Wildman–Crippen MR) is 58.2 cm³/mol. The zero-order chi connectivity index (χ0) is 10.6. The summed E-state index contributed by atoms with van der Waals surface area (Å²) in [6.07, 6.45) is 0.